The summed E-state index contributed by atoms with van der Waals surface area (Å²) >= 11 is 0. The molecule has 2 fully saturated rings. The molecule has 0 spiro atoms. The van der Waals surface area contributed by atoms with Gasteiger partial charge < -0.3 is 10.6 Å². The SMILES string of the molecule is CC(C)(CCN)CCCN1CC2CCC1C2. The van der Waals surface area contributed by atoms with Gasteiger partial charge in [-0.15, -0.1) is 0 Å². The Kier molecular flexibility index (Phi) is 3.91. The van der Waals surface area contributed by atoms with Gasteiger partial charge in [0, 0.05) is 12.6 Å². The van der Waals surface area contributed by atoms with Gasteiger partial charge in [0.05, 0.1) is 0 Å². The van der Waals surface area contributed by atoms with Crippen LogP contribution in [0.15, 0.2) is 0 Å². The molecule has 1 heterocycles. The van der Waals surface area contributed by atoms with Gasteiger partial charge >= 0.3 is 0 Å². The van der Waals surface area contributed by atoms with Crippen LogP contribution in [0.25, 0.3) is 0 Å². The second-order valence-corrected chi connectivity index (χ2v) is 6.63. The maximum atomic E-state index is 5.65. The summed E-state index contributed by atoms with van der Waals surface area (Å²) in [5.41, 5.74) is 6.10. The van der Waals surface area contributed by atoms with Crippen molar-refractivity contribution in [3.63, 3.8) is 0 Å². The molecule has 1 aliphatic heterocycles. The molecule has 0 amide bonds. The number of nitrogens with zero attached hydrogens (tertiary/aromatic N) is 1. The number of fused-ring (bicyclic) bond motifs is 2. The molecule has 2 N–H and O–H groups in total. The van der Waals surface area contributed by atoms with Crippen molar-refractivity contribution >= 4 is 0 Å². The first-order chi connectivity index (χ1) is 7.61. The lowest BCUT2D eigenvalue weighted by atomic mass is 9.84. The van der Waals surface area contributed by atoms with Gasteiger partial charge in [-0.3, -0.25) is 0 Å². The monoisotopic (exact) mass is 224 g/mol. The fourth-order valence-electron chi connectivity index (χ4n) is 3.58. The normalized spacial score (nSPS) is 30.2. The quantitative estimate of drug-likeness (QED) is 0.751. The average molecular weight is 224 g/mol. The number of nitrogens with two attached hydrogens (primary N) is 1. The first-order valence-electron chi connectivity index (χ1n) is 7.05. The molecule has 0 radical (unpaired) electrons. The molecule has 1 saturated heterocycles. The Balaban J connectivity index is 1.65. The van der Waals surface area contributed by atoms with Crippen LogP contribution in [-0.2, 0) is 0 Å². The number of hydrogen-bond acceptors (Lipinski definition) is 2. The van der Waals surface area contributed by atoms with Crippen LogP contribution in [-0.4, -0.2) is 30.6 Å². The summed E-state index contributed by atoms with van der Waals surface area (Å²) in [6.45, 7) is 8.27. The van der Waals surface area contributed by atoms with Crippen LogP contribution in [0.4, 0.5) is 0 Å². The minimum Gasteiger partial charge on any atom is -0.330 e. The Morgan fingerprint density at radius 3 is 2.62 bits per heavy atom. The van der Waals surface area contributed by atoms with Crippen molar-refractivity contribution in [1.29, 1.82) is 0 Å². The average Bonchev–Trinajstić information content (AvgIpc) is 2.78. The van der Waals surface area contributed by atoms with Crippen molar-refractivity contribution < 1.29 is 0 Å². The van der Waals surface area contributed by atoms with Crippen LogP contribution in [0, 0.1) is 11.3 Å². The molecule has 2 unspecified atom stereocenters. The van der Waals surface area contributed by atoms with E-state index in [0.717, 1.165) is 18.5 Å². The summed E-state index contributed by atoms with van der Waals surface area (Å²) in [6.07, 6.45) is 8.32. The largest absolute Gasteiger partial charge is 0.330 e. The maximum Gasteiger partial charge on any atom is 0.00985 e. The van der Waals surface area contributed by atoms with Crippen molar-refractivity contribution in [2.45, 2.75) is 58.4 Å². The van der Waals surface area contributed by atoms with E-state index in [1.807, 2.05) is 0 Å². The van der Waals surface area contributed by atoms with E-state index in [0.29, 0.717) is 5.41 Å². The Hall–Kier alpha value is -0.0800. The fourth-order valence-corrected chi connectivity index (χ4v) is 3.58. The molecule has 1 aliphatic carbocycles. The van der Waals surface area contributed by atoms with Gasteiger partial charge in [-0.05, 0) is 62.9 Å². The fraction of sp³-hybridized carbons (Fsp3) is 1.00. The zero-order chi connectivity index (χ0) is 11.6. The van der Waals surface area contributed by atoms with Gasteiger partial charge in [0.25, 0.3) is 0 Å². The van der Waals surface area contributed by atoms with Gasteiger partial charge in [-0.1, -0.05) is 13.8 Å². The molecule has 1 saturated carbocycles. The van der Waals surface area contributed by atoms with Gasteiger partial charge in [0.15, 0.2) is 0 Å². The molecule has 94 valence electrons. The summed E-state index contributed by atoms with van der Waals surface area (Å²) in [7, 11) is 0. The van der Waals surface area contributed by atoms with E-state index in [1.54, 1.807) is 0 Å². The lowest BCUT2D eigenvalue weighted by Crippen LogP contribution is -2.33. The Labute approximate surface area is 101 Å². The molecule has 0 aromatic rings. The van der Waals surface area contributed by atoms with Crippen LogP contribution in [0.5, 0.6) is 0 Å². The summed E-state index contributed by atoms with van der Waals surface area (Å²) in [5.74, 6) is 1.04. The van der Waals surface area contributed by atoms with E-state index in [4.69, 9.17) is 5.73 Å². The highest BCUT2D eigenvalue weighted by Gasteiger charge is 2.37. The third kappa shape index (κ3) is 2.98. The van der Waals surface area contributed by atoms with E-state index in [-0.39, 0.29) is 0 Å². The Morgan fingerprint density at radius 1 is 1.25 bits per heavy atom. The second-order valence-electron chi connectivity index (χ2n) is 6.63. The highest BCUT2D eigenvalue weighted by atomic mass is 15.2. The van der Waals surface area contributed by atoms with Gasteiger partial charge in [0.1, 0.15) is 0 Å². The molecule has 2 bridgehead atoms. The highest BCUT2D eigenvalue weighted by molar-refractivity contribution is 4.91. The van der Waals surface area contributed by atoms with E-state index in [2.05, 4.69) is 18.7 Å². The van der Waals surface area contributed by atoms with E-state index >= 15 is 0 Å². The topological polar surface area (TPSA) is 29.3 Å². The van der Waals surface area contributed by atoms with Crippen LogP contribution in [0.1, 0.15) is 52.4 Å². The zero-order valence-electron chi connectivity index (χ0n) is 11.0. The lowest BCUT2D eigenvalue weighted by Gasteiger charge is -2.29. The second kappa shape index (κ2) is 5.05. The minimum absolute atomic E-state index is 0.452. The molecule has 2 aliphatic rings. The van der Waals surface area contributed by atoms with E-state index < -0.39 is 0 Å². The Bertz CT molecular complexity index is 225. The standard InChI is InChI=1S/C14H28N2/c1-14(2,7-8-15)6-3-9-16-11-12-4-5-13(16)10-12/h12-13H,3-11,15H2,1-2H3. The molecule has 2 rings (SSSR count). The lowest BCUT2D eigenvalue weighted by molar-refractivity contribution is 0.193. The zero-order valence-corrected chi connectivity index (χ0v) is 11.0. The van der Waals surface area contributed by atoms with Gasteiger partial charge in [0.2, 0.25) is 0 Å². The molecule has 2 atom stereocenters. The van der Waals surface area contributed by atoms with Crippen molar-refractivity contribution in [1.82, 2.24) is 4.90 Å². The first-order valence-corrected chi connectivity index (χ1v) is 7.05. The molecule has 0 aromatic carbocycles. The predicted molar refractivity (Wildman–Crippen MR) is 69.4 cm³/mol. The van der Waals surface area contributed by atoms with E-state index in [1.165, 1.54) is 51.6 Å². The molecular formula is C14H28N2. The summed E-state index contributed by atoms with van der Waals surface area (Å²) in [5, 5.41) is 0. The van der Waals surface area contributed by atoms with Crippen molar-refractivity contribution in [2.75, 3.05) is 19.6 Å². The number of likely N-dealkylation sites (tertiary alicyclic amines) is 1. The first kappa shape index (κ1) is 12.4. The third-order valence-electron chi connectivity index (χ3n) is 4.64. The van der Waals surface area contributed by atoms with Crippen molar-refractivity contribution in [3.8, 4) is 0 Å². The number of hydrogen-bond donors (Lipinski definition) is 1. The third-order valence-corrected chi connectivity index (χ3v) is 4.64. The number of rotatable bonds is 6. The summed E-state index contributed by atoms with van der Waals surface area (Å²) in [4.78, 5) is 2.74. The Morgan fingerprint density at radius 2 is 2.06 bits per heavy atom. The van der Waals surface area contributed by atoms with Crippen LogP contribution >= 0.6 is 0 Å². The van der Waals surface area contributed by atoms with Crippen LogP contribution in [0.2, 0.25) is 0 Å². The van der Waals surface area contributed by atoms with Crippen LogP contribution in [0.3, 0.4) is 0 Å². The maximum absolute atomic E-state index is 5.65. The molecular weight excluding hydrogens is 196 g/mol. The van der Waals surface area contributed by atoms with Gasteiger partial charge in [-0.25, -0.2) is 0 Å². The van der Waals surface area contributed by atoms with Crippen molar-refractivity contribution in [3.05, 3.63) is 0 Å². The molecule has 2 nitrogen and oxygen atoms in total. The molecule has 2 heteroatoms. The highest BCUT2D eigenvalue weighted by Crippen LogP contribution is 2.37. The predicted octanol–water partition coefficient (Wildman–Crippen LogP) is 2.63. The smallest absolute Gasteiger partial charge is 0.00985 e. The van der Waals surface area contributed by atoms with Crippen LogP contribution < -0.4 is 5.73 Å². The molecule has 0 aromatic heterocycles. The summed E-state index contributed by atoms with van der Waals surface area (Å²) in [6, 6.07) is 0.947. The number of piperidine rings is 1. The van der Waals surface area contributed by atoms with Gasteiger partial charge in [-0.2, -0.15) is 0 Å². The van der Waals surface area contributed by atoms with E-state index in [9.17, 15) is 0 Å². The minimum atomic E-state index is 0.452. The summed E-state index contributed by atoms with van der Waals surface area (Å²) < 4.78 is 0. The van der Waals surface area contributed by atoms with Crippen molar-refractivity contribution in [2.24, 2.45) is 17.1 Å². The molecule has 16 heavy (non-hydrogen) atoms.